The van der Waals surface area contributed by atoms with Crippen LogP contribution in [0.3, 0.4) is 0 Å². The van der Waals surface area contributed by atoms with E-state index in [1.165, 1.54) is 0 Å². The van der Waals surface area contributed by atoms with Crippen LogP contribution in [0.15, 0.2) is 24.3 Å². The Kier molecular flexibility index (Phi) is 5.73. The number of phenols is 1. The Morgan fingerprint density at radius 1 is 1.23 bits per heavy atom. The van der Waals surface area contributed by atoms with Crippen LogP contribution in [0.5, 0.6) is 5.75 Å². The fourth-order valence-corrected chi connectivity index (χ4v) is 2.84. The number of phenolic OH excluding ortho intramolecular Hbond substituents is 1. The first-order chi connectivity index (χ1) is 12.1. The highest BCUT2D eigenvalue weighted by atomic mass is 19.4. The second-order valence-electron chi connectivity index (χ2n) is 5.92. The first-order valence-electron chi connectivity index (χ1n) is 7.78. The number of benzene rings is 1. The van der Waals surface area contributed by atoms with Gasteiger partial charge in [-0.1, -0.05) is 12.1 Å². The van der Waals surface area contributed by atoms with Gasteiger partial charge in [-0.25, -0.2) is 4.79 Å². The number of carbonyl (C=O) groups excluding carboxylic acids is 2. The van der Waals surface area contributed by atoms with E-state index in [0.29, 0.717) is 13.0 Å². The second kappa shape index (κ2) is 7.63. The molecule has 2 aliphatic rings. The zero-order valence-electron chi connectivity index (χ0n) is 13.5. The number of aliphatic carboxylic acids is 1. The van der Waals surface area contributed by atoms with Crippen LogP contribution in [-0.4, -0.2) is 57.7 Å². The van der Waals surface area contributed by atoms with E-state index in [-0.39, 0.29) is 23.6 Å². The monoisotopic (exact) mass is 374 g/mol. The van der Waals surface area contributed by atoms with Crippen LogP contribution in [0.1, 0.15) is 18.4 Å². The summed E-state index contributed by atoms with van der Waals surface area (Å²) in [6, 6.07) is 5.97. The van der Waals surface area contributed by atoms with Crippen LogP contribution in [0, 0.1) is 0 Å². The molecule has 0 spiro atoms. The fourth-order valence-electron chi connectivity index (χ4n) is 2.84. The Labute approximate surface area is 146 Å². The maximum Gasteiger partial charge on any atom is 0.490 e. The highest BCUT2D eigenvalue weighted by molar-refractivity contribution is 5.97. The summed E-state index contributed by atoms with van der Waals surface area (Å²) in [5, 5.41) is 19.2. The third-order valence-electron chi connectivity index (χ3n) is 4.07. The van der Waals surface area contributed by atoms with Crippen molar-refractivity contribution in [3.8, 4) is 5.75 Å². The third-order valence-corrected chi connectivity index (χ3v) is 4.07. The van der Waals surface area contributed by atoms with E-state index in [4.69, 9.17) is 9.90 Å². The van der Waals surface area contributed by atoms with E-state index in [1.807, 2.05) is 0 Å². The number of nitrogens with one attached hydrogen (secondary N) is 1. The number of hydrogen-bond acceptors (Lipinski definition) is 4. The van der Waals surface area contributed by atoms with Crippen molar-refractivity contribution in [1.29, 1.82) is 0 Å². The molecule has 7 nitrogen and oxygen atoms in total. The molecule has 2 fully saturated rings. The fraction of sp³-hybridized carbons (Fsp3) is 0.438. The molecule has 0 saturated carbocycles. The molecule has 0 radical (unpaired) electrons. The van der Waals surface area contributed by atoms with E-state index in [2.05, 4.69) is 5.32 Å². The molecule has 0 aliphatic carbocycles. The third kappa shape index (κ3) is 4.64. The van der Waals surface area contributed by atoms with Gasteiger partial charge in [0.25, 0.3) is 0 Å². The Morgan fingerprint density at radius 3 is 2.35 bits per heavy atom. The minimum absolute atomic E-state index is 0.00942. The lowest BCUT2D eigenvalue weighted by Crippen LogP contribution is -2.61. The van der Waals surface area contributed by atoms with E-state index >= 15 is 0 Å². The summed E-state index contributed by atoms with van der Waals surface area (Å²) >= 11 is 0. The predicted molar refractivity (Wildman–Crippen MR) is 82.2 cm³/mol. The summed E-state index contributed by atoms with van der Waals surface area (Å²) in [4.78, 5) is 34.8. The first kappa shape index (κ1) is 19.5. The van der Waals surface area contributed by atoms with Crippen LogP contribution in [0.25, 0.3) is 0 Å². The molecule has 10 heteroatoms. The van der Waals surface area contributed by atoms with Crippen LogP contribution in [0.2, 0.25) is 0 Å². The van der Waals surface area contributed by atoms with Crippen LogP contribution < -0.4 is 5.32 Å². The molecule has 2 amide bonds. The summed E-state index contributed by atoms with van der Waals surface area (Å²) in [5.41, 5.74) is 0.925. The van der Waals surface area contributed by atoms with Crippen LogP contribution >= 0.6 is 0 Å². The van der Waals surface area contributed by atoms with Gasteiger partial charge in [-0.3, -0.25) is 9.59 Å². The van der Waals surface area contributed by atoms with Crippen molar-refractivity contribution in [3.63, 3.8) is 0 Å². The minimum atomic E-state index is -5.08. The Morgan fingerprint density at radius 2 is 1.81 bits per heavy atom. The maximum absolute atomic E-state index is 12.3. The van der Waals surface area contributed by atoms with Gasteiger partial charge in [-0.05, 0) is 30.5 Å². The van der Waals surface area contributed by atoms with E-state index in [9.17, 15) is 27.9 Å². The number of aromatic hydroxyl groups is 1. The lowest BCUT2D eigenvalue weighted by Gasteiger charge is -2.34. The van der Waals surface area contributed by atoms with Crippen molar-refractivity contribution in [2.45, 2.75) is 37.5 Å². The highest BCUT2D eigenvalue weighted by Gasteiger charge is 2.42. The zero-order valence-corrected chi connectivity index (χ0v) is 13.5. The molecule has 26 heavy (non-hydrogen) atoms. The topological polar surface area (TPSA) is 107 Å². The van der Waals surface area contributed by atoms with E-state index < -0.39 is 18.2 Å². The Bertz CT molecular complexity index is 690. The largest absolute Gasteiger partial charge is 0.508 e. The van der Waals surface area contributed by atoms with Crippen molar-refractivity contribution in [2.24, 2.45) is 0 Å². The molecular formula is C16H17F3N2O5. The summed E-state index contributed by atoms with van der Waals surface area (Å²) in [7, 11) is 0. The number of nitrogens with zero attached hydrogens (tertiary/aromatic N) is 1. The molecule has 1 aromatic rings. The number of piperazine rings is 1. The molecule has 3 rings (SSSR count). The van der Waals surface area contributed by atoms with Gasteiger partial charge in [-0.2, -0.15) is 13.2 Å². The van der Waals surface area contributed by atoms with Crippen molar-refractivity contribution in [2.75, 3.05) is 6.54 Å². The number of halogens is 3. The number of alkyl halides is 3. The standard InChI is InChI=1S/C14H16N2O3.C2HF3O2/c17-10-5-3-9(4-6-10)8-11-14(19)16-7-1-2-12(16)13(18)15-11;3-2(4,5)1(6)7/h3-6,11-12,17H,1-2,7-8H2,(H,15,18);(H,6,7)/t11-,12-;/m0./s1. The normalized spacial score (nSPS) is 22.2. The van der Waals surface area contributed by atoms with Crippen molar-refractivity contribution >= 4 is 17.8 Å². The summed E-state index contributed by atoms with van der Waals surface area (Å²) in [6.07, 6.45) is -2.95. The molecule has 0 unspecified atom stereocenters. The molecule has 3 N–H and O–H groups in total. The van der Waals surface area contributed by atoms with Gasteiger partial charge in [0.15, 0.2) is 0 Å². The number of hydrogen-bond donors (Lipinski definition) is 3. The average Bonchev–Trinajstić information content (AvgIpc) is 3.04. The number of amides is 2. The number of fused-ring (bicyclic) bond motifs is 1. The van der Waals surface area contributed by atoms with Crippen LogP contribution in [-0.2, 0) is 20.8 Å². The number of carboxylic acid groups (broad SMARTS) is 1. The molecular weight excluding hydrogens is 357 g/mol. The van der Waals surface area contributed by atoms with Gasteiger partial charge in [0, 0.05) is 13.0 Å². The van der Waals surface area contributed by atoms with Gasteiger partial charge in [-0.15, -0.1) is 0 Å². The molecule has 0 aromatic heterocycles. The number of carbonyl (C=O) groups is 3. The first-order valence-corrected chi connectivity index (χ1v) is 7.78. The van der Waals surface area contributed by atoms with Crippen molar-refractivity contribution in [3.05, 3.63) is 29.8 Å². The lowest BCUT2D eigenvalue weighted by atomic mass is 10.0. The predicted octanol–water partition coefficient (Wildman–Crippen LogP) is 1.06. The summed E-state index contributed by atoms with van der Waals surface area (Å²) < 4.78 is 31.7. The minimum Gasteiger partial charge on any atom is -0.508 e. The van der Waals surface area contributed by atoms with Gasteiger partial charge in [0.1, 0.15) is 17.8 Å². The average molecular weight is 374 g/mol. The van der Waals surface area contributed by atoms with Gasteiger partial charge in [0.05, 0.1) is 0 Å². The van der Waals surface area contributed by atoms with Crippen LogP contribution in [0.4, 0.5) is 13.2 Å². The summed E-state index contributed by atoms with van der Waals surface area (Å²) in [6.45, 7) is 0.684. The quantitative estimate of drug-likeness (QED) is 0.718. The molecule has 142 valence electrons. The Hall–Kier alpha value is -2.78. The lowest BCUT2D eigenvalue weighted by molar-refractivity contribution is -0.192. The second-order valence-corrected chi connectivity index (χ2v) is 5.92. The van der Waals surface area contributed by atoms with Gasteiger partial charge in [0.2, 0.25) is 11.8 Å². The molecule has 2 saturated heterocycles. The Balaban J connectivity index is 0.000000298. The summed E-state index contributed by atoms with van der Waals surface area (Å²) in [5.74, 6) is -2.59. The maximum atomic E-state index is 12.3. The molecule has 2 heterocycles. The SMILES string of the molecule is O=C(O)C(F)(F)F.O=C1N[C@@H](Cc2ccc(O)cc2)C(=O)N2CCC[C@@H]12. The van der Waals surface area contributed by atoms with Gasteiger partial charge >= 0.3 is 12.1 Å². The number of carboxylic acids is 1. The molecule has 1 aromatic carbocycles. The van der Waals surface area contributed by atoms with Crippen molar-refractivity contribution in [1.82, 2.24) is 10.2 Å². The highest BCUT2D eigenvalue weighted by Crippen LogP contribution is 2.23. The van der Waals surface area contributed by atoms with Crippen molar-refractivity contribution < 1.29 is 37.8 Å². The smallest absolute Gasteiger partial charge is 0.490 e. The molecule has 2 aliphatic heterocycles. The van der Waals surface area contributed by atoms with E-state index in [0.717, 1.165) is 18.4 Å². The number of rotatable bonds is 2. The molecule has 2 atom stereocenters. The van der Waals surface area contributed by atoms with E-state index in [1.54, 1.807) is 29.2 Å². The molecule has 0 bridgehead atoms. The van der Waals surface area contributed by atoms with Gasteiger partial charge < -0.3 is 20.4 Å². The zero-order chi connectivity index (χ0) is 19.5.